The molecule has 0 aliphatic rings. The Hall–Kier alpha value is -4.27. The van der Waals surface area contributed by atoms with Gasteiger partial charge in [-0.3, -0.25) is 14.9 Å². The molecule has 1 aromatic heterocycles. The van der Waals surface area contributed by atoms with E-state index in [2.05, 4.69) is 11.9 Å². The predicted octanol–water partition coefficient (Wildman–Crippen LogP) is 2.84. The predicted molar refractivity (Wildman–Crippen MR) is 103 cm³/mol. The van der Waals surface area contributed by atoms with E-state index in [-0.39, 0.29) is 34.7 Å². The first-order valence-electron chi connectivity index (χ1n) is 8.32. The van der Waals surface area contributed by atoms with Crippen LogP contribution in [0, 0.1) is 10.1 Å². The SMILES string of the molecule is C=CCNC(=O)c1cc2ccc(OC(=O)c3ccc([N+](=O)[O-])cc3)cc2oc1=O. The third-order valence-corrected chi connectivity index (χ3v) is 3.88. The van der Waals surface area contributed by atoms with E-state index in [9.17, 15) is 24.5 Å². The average Bonchev–Trinajstić information content (AvgIpc) is 2.71. The molecule has 2 aromatic carbocycles. The quantitative estimate of drug-likeness (QED) is 0.170. The first-order chi connectivity index (χ1) is 13.9. The number of benzene rings is 2. The molecule has 9 nitrogen and oxygen atoms in total. The molecular formula is C20H14N2O7. The van der Waals surface area contributed by atoms with Crippen molar-refractivity contribution in [3.63, 3.8) is 0 Å². The van der Waals surface area contributed by atoms with Crippen molar-refractivity contribution in [2.75, 3.05) is 6.54 Å². The van der Waals surface area contributed by atoms with Crippen LogP contribution < -0.4 is 15.7 Å². The highest BCUT2D eigenvalue weighted by atomic mass is 16.6. The summed E-state index contributed by atoms with van der Waals surface area (Å²) < 4.78 is 10.4. The maximum atomic E-state index is 12.2. The number of nitrogens with one attached hydrogen (secondary N) is 1. The highest BCUT2D eigenvalue weighted by Crippen LogP contribution is 2.22. The molecule has 0 fully saturated rings. The average molecular weight is 394 g/mol. The molecule has 0 saturated heterocycles. The number of ether oxygens (including phenoxy) is 1. The van der Waals surface area contributed by atoms with Crippen molar-refractivity contribution in [3.8, 4) is 5.75 Å². The van der Waals surface area contributed by atoms with Gasteiger partial charge in [-0.05, 0) is 30.3 Å². The number of nitro groups is 1. The molecule has 0 unspecified atom stereocenters. The number of amides is 1. The summed E-state index contributed by atoms with van der Waals surface area (Å²) in [4.78, 5) is 46.3. The van der Waals surface area contributed by atoms with E-state index >= 15 is 0 Å². The number of non-ortho nitro benzene ring substituents is 1. The van der Waals surface area contributed by atoms with Crippen molar-refractivity contribution >= 4 is 28.5 Å². The molecule has 0 radical (unpaired) electrons. The number of nitro benzene ring substituents is 1. The maximum absolute atomic E-state index is 12.2. The Bertz CT molecular complexity index is 1180. The Kier molecular flexibility index (Phi) is 5.49. The van der Waals surface area contributed by atoms with Crippen molar-refractivity contribution in [1.29, 1.82) is 0 Å². The van der Waals surface area contributed by atoms with Gasteiger partial charge in [0.2, 0.25) is 0 Å². The molecule has 1 heterocycles. The Morgan fingerprint density at radius 2 is 1.90 bits per heavy atom. The molecule has 0 saturated carbocycles. The zero-order valence-corrected chi connectivity index (χ0v) is 14.9. The molecule has 3 rings (SSSR count). The van der Waals surface area contributed by atoms with E-state index in [0.717, 1.165) is 0 Å². The lowest BCUT2D eigenvalue weighted by molar-refractivity contribution is -0.384. The topological polar surface area (TPSA) is 129 Å². The van der Waals surface area contributed by atoms with Crippen LogP contribution in [0.2, 0.25) is 0 Å². The number of rotatable bonds is 6. The lowest BCUT2D eigenvalue weighted by Gasteiger charge is -2.06. The summed E-state index contributed by atoms with van der Waals surface area (Å²) in [6, 6.07) is 10.6. The second-order valence-corrected chi connectivity index (χ2v) is 5.84. The van der Waals surface area contributed by atoms with E-state index in [1.165, 1.54) is 54.6 Å². The molecule has 146 valence electrons. The minimum atomic E-state index is -0.835. The van der Waals surface area contributed by atoms with Gasteiger partial charge < -0.3 is 14.5 Å². The smallest absolute Gasteiger partial charge is 0.349 e. The van der Waals surface area contributed by atoms with Gasteiger partial charge in [-0.25, -0.2) is 9.59 Å². The molecule has 3 aromatic rings. The first kappa shape index (κ1) is 19.5. The van der Waals surface area contributed by atoms with Crippen LogP contribution in [0.5, 0.6) is 5.75 Å². The molecule has 0 atom stereocenters. The standard InChI is InChI=1S/C20H14N2O7/c1-2-9-21-18(23)16-10-13-5-8-15(11-17(13)29-20(16)25)28-19(24)12-3-6-14(7-4-12)22(26)27/h2-8,10-11H,1,9H2,(H,21,23). The molecule has 9 heteroatoms. The zero-order valence-electron chi connectivity index (χ0n) is 14.9. The third-order valence-electron chi connectivity index (χ3n) is 3.88. The van der Waals surface area contributed by atoms with Crippen LogP contribution >= 0.6 is 0 Å². The fourth-order valence-corrected chi connectivity index (χ4v) is 2.46. The normalized spacial score (nSPS) is 10.3. The second kappa shape index (κ2) is 8.17. The number of hydrogen-bond donors (Lipinski definition) is 1. The van der Waals surface area contributed by atoms with Crippen molar-refractivity contribution in [2.24, 2.45) is 0 Å². The molecule has 0 bridgehead atoms. The van der Waals surface area contributed by atoms with Gasteiger partial charge in [0.05, 0.1) is 10.5 Å². The first-order valence-corrected chi connectivity index (χ1v) is 8.32. The summed E-state index contributed by atoms with van der Waals surface area (Å²) in [6.45, 7) is 3.68. The summed E-state index contributed by atoms with van der Waals surface area (Å²) in [6.07, 6.45) is 1.48. The van der Waals surface area contributed by atoms with Crippen LogP contribution in [0.4, 0.5) is 5.69 Å². The minimum absolute atomic E-state index is 0.105. The Morgan fingerprint density at radius 1 is 1.17 bits per heavy atom. The summed E-state index contributed by atoms with van der Waals surface area (Å²) in [5, 5.41) is 13.6. The summed E-state index contributed by atoms with van der Waals surface area (Å²) in [5.41, 5.74) is -0.898. The molecular weight excluding hydrogens is 380 g/mol. The highest BCUT2D eigenvalue weighted by Gasteiger charge is 2.15. The number of carbonyl (C=O) groups is 2. The summed E-state index contributed by atoms with van der Waals surface area (Å²) in [5.74, 6) is -1.22. The van der Waals surface area contributed by atoms with Crippen molar-refractivity contribution in [1.82, 2.24) is 5.32 Å². The fourth-order valence-electron chi connectivity index (χ4n) is 2.46. The minimum Gasteiger partial charge on any atom is -0.423 e. The van der Waals surface area contributed by atoms with Crippen LogP contribution in [0.15, 0.2) is 70.4 Å². The molecule has 1 amide bonds. The van der Waals surface area contributed by atoms with Crippen molar-refractivity contribution < 1.29 is 23.7 Å². The molecule has 0 spiro atoms. The fraction of sp³-hybridized carbons (Fsp3) is 0.0500. The van der Waals surface area contributed by atoms with Gasteiger partial charge in [0.15, 0.2) is 0 Å². The van der Waals surface area contributed by atoms with Crippen molar-refractivity contribution in [3.05, 3.63) is 92.8 Å². The number of nitrogens with zero attached hydrogens (tertiary/aromatic N) is 1. The zero-order chi connectivity index (χ0) is 21.0. The van der Waals surface area contributed by atoms with Gasteiger partial charge >= 0.3 is 11.6 Å². The van der Waals surface area contributed by atoms with Gasteiger partial charge in [0.1, 0.15) is 16.9 Å². The number of fused-ring (bicyclic) bond motifs is 1. The van der Waals surface area contributed by atoms with Crippen LogP contribution in [0.1, 0.15) is 20.7 Å². The van der Waals surface area contributed by atoms with Crippen LogP contribution in [0.3, 0.4) is 0 Å². The summed E-state index contributed by atoms with van der Waals surface area (Å²) >= 11 is 0. The van der Waals surface area contributed by atoms with Gasteiger partial charge in [-0.1, -0.05) is 6.08 Å². The van der Waals surface area contributed by atoms with E-state index in [1.54, 1.807) is 0 Å². The van der Waals surface area contributed by atoms with E-state index in [1.807, 2.05) is 0 Å². The molecule has 0 aliphatic heterocycles. The van der Waals surface area contributed by atoms with Crippen LogP contribution in [-0.2, 0) is 0 Å². The van der Waals surface area contributed by atoms with Crippen LogP contribution in [0.25, 0.3) is 11.0 Å². The maximum Gasteiger partial charge on any atom is 0.349 e. The Morgan fingerprint density at radius 3 is 2.55 bits per heavy atom. The number of carbonyl (C=O) groups excluding carboxylic acids is 2. The number of esters is 1. The second-order valence-electron chi connectivity index (χ2n) is 5.84. The monoisotopic (exact) mass is 394 g/mol. The van der Waals surface area contributed by atoms with Crippen LogP contribution in [-0.4, -0.2) is 23.3 Å². The van der Waals surface area contributed by atoms with E-state index in [4.69, 9.17) is 9.15 Å². The molecule has 29 heavy (non-hydrogen) atoms. The Labute approximate surface area is 163 Å². The highest BCUT2D eigenvalue weighted by molar-refractivity contribution is 5.97. The van der Waals surface area contributed by atoms with E-state index in [0.29, 0.717) is 5.39 Å². The van der Waals surface area contributed by atoms with Gasteiger partial charge in [-0.2, -0.15) is 0 Å². The molecule has 0 aliphatic carbocycles. The van der Waals surface area contributed by atoms with Gasteiger partial charge in [0.25, 0.3) is 11.6 Å². The number of hydrogen-bond acceptors (Lipinski definition) is 7. The largest absolute Gasteiger partial charge is 0.423 e. The third kappa shape index (κ3) is 4.35. The van der Waals surface area contributed by atoms with Gasteiger partial charge in [-0.15, -0.1) is 6.58 Å². The molecule has 1 N–H and O–H groups in total. The summed E-state index contributed by atoms with van der Waals surface area (Å²) in [7, 11) is 0. The lowest BCUT2D eigenvalue weighted by Crippen LogP contribution is -2.28. The van der Waals surface area contributed by atoms with Gasteiger partial charge in [0, 0.05) is 30.1 Å². The Balaban J connectivity index is 1.83. The van der Waals surface area contributed by atoms with E-state index < -0.39 is 22.4 Å². The lowest BCUT2D eigenvalue weighted by atomic mass is 10.1. The van der Waals surface area contributed by atoms with Crippen molar-refractivity contribution in [2.45, 2.75) is 0 Å².